The SMILES string of the molecule is CN(C)C(C)(C)COc1ccc(C(=O)O)nn1. The van der Waals surface area contributed by atoms with E-state index >= 15 is 0 Å². The Balaban J connectivity index is 2.62. The van der Waals surface area contributed by atoms with E-state index in [1.165, 1.54) is 12.1 Å². The summed E-state index contributed by atoms with van der Waals surface area (Å²) in [4.78, 5) is 12.6. The Kier molecular flexibility index (Phi) is 4.01. The Labute approximate surface area is 100 Å². The number of rotatable bonds is 5. The van der Waals surface area contributed by atoms with Crippen molar-refractivity contribution < 1.29 is 14.6 Å². The van der Waals surface area contributed by atoms with Gasteiger partial charge in [-0.2, -0.15) is 0 Å². The van der Waals surface area contributed by atoms with E-state index in [1.807, 2.05) is 32.8 Å². The second-order valence-corrected chi connectivity index (χ2v) is 4.56. The lowest BCUT2D eigenvalue weighted by atomic mass is 10.1. The average Bonchev–Trinajstić information content (AvgIpc) is 2.27. The van der Waals surface area contributed by atoms with Gasteiger partial charge in [-0.1, -0.05) is 0 Å². The molecule has 0 aliphatic rings. The summed E-state index contributed by atoms with van der Waals surface area (Å²) in [6, 6.07) is 2.87. The minimum atomic E-state index is -1.10. The van der Waals surface area contributed by atoms with Crippen molar-refractivity contribution in [3.05, 3.63) is 17.8 Å². The number of aromatic carboxylic acids is 1. The molecule has 17 heavy (non-hydrogen) atoms. The zero-order valence-corrected chi connectivity index (χ0v) is 10.5. The van der Waals surface area contributed by atoms with E-state index in [1.54, 1.807) is 0 Å². The maximum Gasteiger partial charge on any atom is 0.356 e. The predicted molar refractivity (Wildman–Crippen MR) is 62.3 cm³/mol. The third kappa shape index (κ3) is 3.67. The standard InChI is InChI=1S/C11H17N3O3/c1-11(2,14(3)4)7-17-9-6-5-8(10(15)16)12-13-9/h5-6H,7H2,1-4H3,(H,15,16). The minimum Gasteiger partial charge on any atom is -0.476 e. The summed E-state index contributed by atoms with van der Waals surface area (Å²) in [5, 5.41) is 15.9. The highest BCUT2D eigenvalue weighted by atomic mass is 16.5. The molecular formula is C11H17N3O3. The number of carbonyl (C=O) groups is 1. The first-order valence-electron chi connectivity index (χ1n) is 5.20. The van der Waals surface area contributed by atoms with E-state index in [0.29, 0.717) is 12.5 Å². The summed E-state index contributed by atoms with van der Waals surface area (Å²) in [6.45, 7) is 4.51. The Morgan fingerprint density at radius 1 is 1.41 bits per heavy atom. The molecule has 0 saturated heterocycles. The van der Waals surface area contributed by atoms with Crippen LogP contribution >= 0.6 is 0 Å². The largest absolute Gasteiger partial charge is 0.476 e. The molecule has 1 aromatic heterocycles. The van der Waals surface area contributed by atoms with Crippen molar-refractivity contribution >= 4 is 5.97 Å². The molecule has 6 heteroatoms. The van der Waals surface area contributed by atoms with Crippen LogP contribution in [0.1, 0.15) is 24.3 Å². The number of nitrogens with zero attached hydrogens (tertiary/aromatic N) is 3. The minimum absolute atomic E-state index is 0.0933. The Bertz CT molecular complexity index is 387. The molecule has 0 unspecified atom stereocenters. The van der Waals surface area contributed by atoms with Gasteiger partial charge in [-0.15, -0.1) is 10.2 Å². The molecular weight excluding hydrogens is 222 g/mol. The van der Waals surface area contributed by atoms with Gasteiger partial charge < -0.3 is 14.7 Å². The van der Waals surface area contributed by atoms with Crippen molar-refractivity contribution in [3.8, 4) is 5.88 Å². The molecule has 0 saturated carbocycles. The lowest BCUT2D eigenvalue weighted by molar-refractivity contribution is 0.0688. The van der Waals surface area contributed by atoms with Gasteiger partial charge in [0.2, 0.25) is 5.88 Å². The molecule has 1 N–H and O–H groups in total. The number of hydrogen-bond donors (Lipinski definition) is 1. The third-order valence-corrected chi connectivity index (χ3v) is 2.64. The van der Waals surface area contributed by atoms with Gasteiger partial charge >= 0.3 is 5.97 Å². The molecule has 0 aromatic carbocycles. The molecule has 0 atom stereocenters. The van der Waals surface area contributed by atoms with Crippen molar-refractivity contribution in [2.75, 3.05) is 20.7 Å². The van der Waals surface area contributed by atoms with Crippen LogP contribution in [0.15, 0.2) is 12.1 Å². The fourth-order valence-electron chi connectivity index (χ4n) is 0.891. The Morgan fingerprint density at radius 3 is 2.47 bits per heavy atom. The van der Waals surface area contributed by atoms with Crippen LogP contribution in [0.25, 0.3) is 0 Å². The molecule has 0 aliphatic carbocycles. The lowest BCUT2D eigenvalue weighted by Crippen LogP contribution is -2.43. The zero-order chi connectivity index (χ0) is 13.1. The second-order valence-electron chi connectivity index (χ2n) is 4.56. The van der Waals surface area contributed by atoms with E-state index in [2.05, 4.69) is 10.2 Å². The van der Waals surface area contributed by atoms with Crippen LogP contribution < -0.4 is 4.74 Å². The van der Waals surface area contributed by atoms with Crippen molar-refractivity contribution in [1.82, 2.24) is 15.1 Å². The normalized spacial score (nSPS) is 11.6. The third-order valence-electron chi connectivity index (χ3n) is 2.64. The van der Waals surface area contributed by atoms with Crippen LogP contribution in [0.4, 0.5) is 0 Å². The van der Waals surface area contributed by atoms with Gasteiger partial charge in [0.15, 0.2) is 5.69 Å². The Hall–Kier alpha value is -1.69. The average molecular weight is 239 g/mol. The van der Waals surface area contributed by atoms with E-state index in [-0.39, 0.29) is 11.2 Å². The van der Waals surface area contributed by atoms with Crippen LogP contribution in [0.3, 0.4) is 0 Å². The van der Waals surface area contributed by atoms with Gasteiger partial charge in [-0.25, -0.2) is 4.79 Å². The summed E-state index contributed by atoms with van der Waals surface area (Å²) in [7, 11) is 3.92. The van der Waals surface area contributed by atoms with Gasteiger partial charge in [0.25, 0.3) is 0 Å². The number of likely N-dealkylation sites (N-methyl/N-ethyl adjacent to an activating group) is 1. The second kappa shape index (κ2) is 5.09. The highest BCUT2D eigenvalue weighted by molar-refractivity contribution is 5.84. The van der Waals surface area contributed by atoms with Crippen LogP contribution in [0.5, 0.6) is 5.88 Å². The molecule has 6 nitrogen and oxygen atoms in total. The highest BCUT2D eigenvalue weighted by Crippen LogP contribution is 2.13. The lowest BCUT2D eigenvalue weighted by Gasteiger charge is -2.31. The first kappa shape index (κ1) is 13.4. The molecule has 0 bridgehead atoms. The van der Waals surface area contributed by atoms with E-state index in [0.717, 1.165) is 0 Å². The van der Waals surface area contributed by atoms with E-state index in [9.17, 15) is 4.79 Å². The van der Waals surface area contributed by atoms with E-state index in [4.69, 9.17) is 9.84 Å². The molecule has 0 fully saturated rings. The van der Waals surface area contributed by atoms with Gasteiger partial charge in [0.1, 0.15) is 6.61 Å². The number of carboxylic acid groups (broad SMARTS) is 1. The topological polar surface area (TPSA) is 75.5 Å². The molecule has 1 rings (SSSR count). The van der Waals surface area contributed by atoms with Crippen molar-refractivity contribution in [2.45, 2.75) is 19.4 Å². The summed E-state index contributed by atoms with van der Waals surface area (Å²) < 4.78 is 5.46. The van der Waals surface area contributed by atoms with Crippen LogP contribution in [-0.4, -0.2) is 52.4 Å². The smallest absolute Gasteiger partial charge is 0.356 e. The number of hydrogen-bond acceptors (Lipinski definition) is 5. The van der Waals surface area contributed by atoms with E-state index < -0.39 is 5.97 Å². The summed E-state index contributed by atoms with van der Waals surface area (Å²) >= 11 is 0. The molecule has 0 radical (unpaired) electrons. The van der Waals surface area contributed by atoms with Gasteiger partial charge in [-0.3, -0.25) is 0 Å². The van der Waals surface area contributed by atoms with Crippen LogP contribution in [-0.2, 0) is 0 Å². The predicted octanol–water partition coefficient (Wildman–Crippen LogP) is 0.894. The van der Waals surface area contributed by atoms with Gasteiger partial charge in [0, 0.05) is 11.6 Å². The molecule has 1 heterocycles. The maximum absolute atomic E-state index is 10.6. The summed E-state index contributed by atoms with van der Waals surface area (Å²) in [6.07, 6.45) is 0. The Morgan fingerprint density at radius 2 is 2.06 bits per heavy atom. The fourth-order valence-corrected chi connectivity index (χ4v) is 0.891. The van der Waals surface area contributed by atoms with Crippen molar-refractivity contribution in [1.29, 1.82) is 0 Å². The molecule has 0 spiro atoms. The number of aromatic nitrogens is 2. The quantitative estimate of drug-likeness (QED) is 0.822. The number of ether oxygens (including phenoxy) is 1. The number of carboxylic acids is 1. The van der Waals surface area contributed by atoms with Crippen LogP contribution in [0, 0.1) is 0 Å². The first-order chi connectivity index (χ1) is 7.83. The van der Waals surface area contributed by atoms with Gasteiger partial charge in [0.05, 0.1) is 0 Å². The van der Waals surface area contributed by atoms with Crippen molar-refractivity contribution in [3.63, 3.8) is 0 Å². The molecule has 0 amide bonds. The summed E-state index contributed by atoms with van der Waals surface area (Å²) in [5.41, 5.74) is -0.225. The summed E-state index contributed by atoms with van der Waals surface area (Å²) in [5.74, 6) is -0.775. The zero-order valence-electron chi connectivity index (χ0n) is 10.5. The fraction of sp³-hybridized carbons (Fsp3) is 0.545. The van der Waals surface area contributed by atoms with Crippen molar-refractivity contribution in [2.24, 2.45) is 0 Å². The molecule has 1 aromatic rings. The maximum atomic E-state index is 10.6. The van der Waals surface area contributed by atoms with Gasteiger partial charge in [-0.05, 0) is 34.0 Å². The molecule has 94 valence electrons. The highest BCUT2D eigenvalue weighted by Gasteiger charge is 2.21. The monoisotopic (exact) mass is 239 g/mol. The first-order valence-corrected chi connectivity index (χ1v) is 5.20. The van der Waals surface area contributed by atoms with Crippen LogP contribution in [0.2, 0.25) is 0 Å². The molecule has 0 aliphatic heterocycles.